The highest BCUT2D eigenvalue weighted by atomic mass is 127. The van der Waals surface area contributed by atoms with E-state index < -0.39 is 10.0 Å². The molecule has 10 heteroatoms. The summed E-state index contributed by atoms with van der Waals surface area (Å²) in [7, 11) is -1.62. The maximum atomic E-state index is 12.8. The van der Waals surface area contributed by atoms with Gasteiger partial charge in [-0.1, -0.05) is 24.3 Å². The predicted octanol–water partition coefficient (Wildman–Crippen LogP) is 1.45. The van der Waals surface area contributed by atoms with Crippen LogP contribution in [0.2, 0.25) is 0 Å². The molecule has 2 bridgehead atoms. The van der Waals surface area contributed by atoms with Crippen LogP contribution in [0.4, 0.5) is 0 Å². The molecule has 3 atom stereocenters. The minimum atomic E-state index is -3.36. The van der Waals surface area contributed by atoms with Crippen molar-refractivity contribution >= 4 is 40.0 Å². The number of guanidine groups is 1. The average Bonchev–Trinajstić information content (AvgIpc) is 3.36. The number of morpholine rings is 1. The Morgan fingerprint density at radius 1 is 1.20 bits per heavy atom. The van der Waals surface area contributed by atoms with Gasteiger partial charge in [0.1, 0.15) is 0 Å². The molecule has 0 amide bonds. The first-order valence-electron chi connectivity index (χ1n) is 10.3. The van der Waals surface area contributed by atoms with Gasteiger partial charge in [-0.25, -0.2) is 8.42 Å². The molecule has 2 N–H and O–H groups in total. The van der Waals surface area contributed by atoms with Crippen molar-refractivity contribution in [2.75, 3.05) is 33.4 Å². The second kappa shape index (κ2) is 10.6. The zero-order valence-electron chi connectivity index (χ0n) is 17.2. The van der Waals surface area contributed by atoms with Gasteiger partial charge in [-0.3, -0.25) is 4.99 Å². The van der Waals surface area contributed by atoms with Crippen molar-refractivity contribution in [3.63, 3.8) is 0 Å². The fourth-order valence-electron chi connectivity index (χ4n) is 4.32. The third-order valence-corrected chi connectivity index (χ3v) is 7.75. The Morgan fingerprint density at radius 2 is 1.93 bits per heavy atom. The standard InChI is InChI=1S/C20H30N4O4S.HI/c1-21-20(23-18-12-17-6-7-19(18)28-17)22-13-15-4-2-3-5-16(15)14-29(25,26)24-8-10-27-11-9-24;/h2-5,17-19H,6-14H2,1H3,(H2,21,22,23);1H. The van der Waals surface area contributed by atoms with E-state index in [-0.39, 0.29) is 41.9 Å². The Bertz CT molecular complexity index is 845. The maximum absolute atomic E-state index is 12.8. The highest BCUT2D eigenvalue weighted by Gasteiger charge is 2.41. The lowest BCUT2D eigenvalue weighted by Crippen LogP contribution is -2.47. The van der Waals surface area contributed by atoms with Crippen LogP contribution >= 0.6 is 24.0 Å². The van der Waals surface area contributed by atoms with Gasteiger partial charge in [-0.2, -0.15) is 4.31 Å². The smallest absolute Gasteiger partial charge is 0.218 e. The van der Waals surface area contributed by atoms with Crippen molar-refractivity contribution in [3.05, 3.63) is 35.4 Å². The molecule has 4 rings (SSSR count). The average molecular weight is 550 g/mol. The Kier molecular flexibility index (Phi) is 8.36. The molecule has 3 aliphatic heterocycles. The fourth-order valence-corrected chi connectivity index (χ4v) is 5.88. The van der Waals surface area contributed by atoms with Crippen LogP contribution < -0.4 is 10.6 Å². The molecule has 3 unspecified atom stereocenters. The first-order valence-corrected chi connectivity index (χ1v) is 11.9. The molecule has 1 aromatic rings. The van der Waals surface area contributed by atoms with Crippen LogP contribution in [0.1, 0.15) is 30.4 Å². The molecule has 1 aromatic carbocycles. The summed E-state index contributed by atoms with van der Waals surface area (Å²) in [5.41, 5.74) is 1.77. The number of rotatable bonds is 6. The lowest BCUT2D eigenvalue weighted by molar-refractivity contribution is 0.0729. The van der Waals surface area contributed by atoms with Crippen LogP contribution in [-0.4, -0.2) is 70.3 Å². The molecular weight excluding hydrogens is 519 g/mol. The highest BCUT2D eigenvalue weighted by Crippen LogP contribution is 2.34. The van der Waals surface area contributed by atoms with E-state index in [1.54, 1.807) is 7.05 Å². The number of sulfonamides is 1. The molecule has 3 saturated heterocycles. The molecule has 0 aliphatic carbocycles. The van der Waals surface area contributed by atoms with Gasteiger partial charge in [-0.15, -0.1) is 24.0 Å². The van der Waals surface area contributed by atoms with E-state index >= 15 is 0 Å². The van der Waals surface area contributed by atoms with Gasteiger partial charge in [0.2, 0.25) is 10.0 Å². The highest BCUT2D eigenvalue weighted by molar-refractivity contribution is 14.0. The van der Waals surface area contributed by atoms with Gasteiger partial charge in [0.05, 0.1) is 37.2 Å². The monoisotopic (exact) mass is 550 g/mol. The Morgan fingerprint density at radius 3 is 2.57 bits per heavy atom. The summed E-state index contributed by atoms with van der Waals surface area (Å²) < 4.78 is 38.3. The number of nitrogens with one attached hydrogen (secondary N) is 2. The zero-order valence-corrected chi connectivity index (χ0v) is 20.4. The van der Waals surface area contributed by atoms with Crippen molar-refractivity contribution in [2.45, 2.75) is 49.8 Å². The van der Waals surface area contributed by atoms with Gasteiger partial charge >= 0.3 is 0 Å². The second-order valence-corrected chi connectivity index (χ2v) is 9.79. The van der Waals surface area contributed by atoms with E-state index in [2.05, 4.69) is 15.6 Å². The van der Waals surface area contributed by atoms with E-state index in [1.165, 1.54) is 4.31 Å². The summed E-state index contributed by atoms with van der Waals surface area (Å²) in [5.74, 6) is 0.717. The summed E-state index contributed by atoms with van der Waals surface area (Å²) in [6, 6.07) is 7.95. The number of nitrogens with zero attached hydrogens (tertiary/aromatic N) is 2. The quantitative estimate of drug-likeness (QED) is 0.317. The molecule has 3 fully saturated rings. The molecule has 30 heavy (non-hydrogen) atoms. The molecule has 3 aliphatic rings. The van der Waals surface area contributed by atoms with Crippen molar-refractivity contribution in [3.8, 4) is 0 Å². The van der Waals surface area contributed by atoms with E-state index in [9.17, 15) is 8.42 Å². The van der Waals surface area contributed by atoms with Crippen LogP contribution in [0.25, 0.3) is 0 Å². The van der Waals surface area contributed by atoms with Crippen molar-refractivity contribution < 1.29 is 17.9 Å². The van der Waals surface area contributed by atoms with Crippen LogP contribution in [0.15, 0.2) is 29.3 Å². The summed E-state index contributed by atoms with van der Waals surface area (Å²) in [4.78, 5) is 4.33. The maximum Gasteiger partial charge on any atom is 0.218 e. The number of hydrogen-bond acceptors (Lipinski definition) is 5. The molecule has 3 heterocycles. The van der Waals surface area contributed by atoms with E-state index in [0.717, 1.165) is 36.3 Å². The zero-order chi connectivity index (χ0) is 20.3. The summed E-state index contributed by atoms with van der Waals surface area (Å²) in [5, 5.41) is 6.79. The predicted molar refractivity (Wildman–Crippen MR) is 127 cm³/mol. The van der Waals surface area contributed by atoms with Crippen molar-refractivity contribution in [1.82, 2.24) is 14.9 Å². The van der Waals surface area contributed by atoms with E-state index in [1.807, 2.05) is 24.3 Å². The number of benzene rings is 1. The number of halogens is 1. The Labute approximate surface area is 195 Å². The number of hydrogen-bond donors (Lipinski definition) is 2. The van der Waals surface area contributed by atoms with Crippen molar-refractivity contribution in [2.24, 2.45) is 4.99 Å². The number of aliphatic imine (C=N–C) groups is 1. The SMILES string of the molecule is CN=C(NCc1ccccc1CS(=O)(=O)N1CCOCC1)NC1CC2CCC1O2.I. The Balaban J connectivity index is 0.00000256. The minimum Gasteiger partial charge on any atom is -0.379 e. The van der Waals surface area contributed by atoms with Crippen LogP contribution in [0.5, 0.6) is 0 Å². The first-order chi connectivity index (χ1) is 14.0. The molecular formula is C20H31IN4O4S. The van der Waals surface area contributed by atoms with Gasteiger partial charge in [0, 0.05) is 26.7 Å². The normalized spacial score (nSPS) is 27.0. The van der Waals surface area contributed by atoms with Crippen molar-refractivity contribution in [1.29, 1.82) is 0 Å². The summed E-state index contributed by atoms with van der Waals surface area (Å²) in [6.07, 6.45) is 3.91. The molecule has 0 saturated carbocycles. The first kappa shape index (κ1) is 23.7. The fraction of sp³-hybridized carbons (Fsp3) is 0.650. The van der Waals surface area contributed by atoms with Gasteiger partial charge < -0.3 is 20.1 Å². The number of ether oxygens (including phenoxy) is 2. The minimum absolute atomic E-state index is 0. The second-order valence-electron chi connectivity index (χ2n) is 7.82. The lowest BCUT2D eigenvalue weighted by Gasteiger charge is -2.26. The van der Waals surface area contributed by atoms with E-state index in [0.29, 0.717) is 39.0 Å². The van der Waals surface area contributed by atoms with Gasteiger partial charge in [0.25, 0.3) is 0 Å². The molecule has 8 nitrogen and oxygen atoms in total. The lowest BCUT2D eigenvalue weighted by atomic mass is 9.96. The largest absolute Gasteiger partial charge is 0.379 e. The van der Waals surface area contributed by atoms with Crippen LogP contribution in [-0.2, 0) is 31.8 Å². The van der Waals surface area contributed by atoms with Crippen LogP contribution in [0, 0.1) is 0 Å². The topological polar surface area (TPSA) is 92.3 Å². The van der Waals surface area contributed by atoms with Gasteiger partial charge in [-0.05, 0) is 30.4 Å². The molecule has 0 aromatic heterocycles. The summed E-state index contributed by atoms with van der Waals surface area (Å²) >= 11 is 0. The number of fused-ring (bicyclic) bond motifs is 2. The molecule has 168 valence electrons. The van der Waals surface area contributed by atoms with Gasteiger partial charge in [0.15, 0.2) is 5.96 Å². The van der Waals surface area contributed by atoms with E-state index in [4.69, 9.17) is 9.47 Å². The third kappa shape index (κ3) is 5.64. The summed E-state index contributed by atoms with van der Waals surface area (Å²) in [6.45, 7) is 2.26. The molecule has 0 radical (unpaired) electrons. The Hall–Kier alpha value is -0.950. The van der Waals surface area contributed by atoms with Crippen LogP contribution in [0.3, 0.4) is 0 Å². The third-order valence-electron chi connectivity index (χ3n) is 5.92. The molecule has 0 spiro atoms.